The van der Waals surface area contributed by atoms with Crippen LogP contribution in [-0.4, -0.2) is 41.1 Å². The predicted octanol–water partition coefficient (Wildman–Crippen LogP) is 2.18. The van der Waals surface area contributed by atoms with E-state index in [-0.39, 0.29) is 0 Å². The van der Waals surface area contributed by atoms with Gasteiger partial charge < -0.3 is 9.80 Å². The van der Waals surface area contributed by atoms with Crippen LogP contribution in [0, 0.1) is 20.8 Å². The fraction of sp³-hybridized carbons (Fsp3) is 0.500. The highest BCUT2D eigenvalue weighted by molar-refractivity contribution is 7.15. The molecule has 2 aromatic heterocycles. The van der Waals surface area contributed by atoms with Crippen LogP contribution in [0.3, 0.4) is 0 Å². The van der Waals surface area contributed by atoms with Crippen LogP contribution in [0.5, 0.6) is 0 Å². The van der Waals surface area contributed by atoms with E-state index in [9.17, 15) is 0 Å². The third-order valence-electron chi connectivity index (χ3n) is 3.62. The lowest BCUT2D eigenvalue weighted by molar-refractivity contribution is 0.638. The summed E-state index contributed by atoms with van der Waals surface area (Å²) in [5, 5.41) is 1.14. The Morgan fingerprint density at radius 3 is 2.10 bits per heavy atom. The molecule has 6 heteroatoms. The Kier molecular flexibility index (Phi) is 3.56. The normalized spacial score (nSPS) is 15.8. The van der Waals surface area contributed by atoms with E-state index in [1.165, 1.54) is 4.88 Å². The van der Waals surface area contributed by atoms with Gasteiger partial charge in [-0.25, -0.2) is 15.0 Å². The maximum atomic E-state index is 4.64. The molecular weight excluding hydrogens is 270 g/mol. The quantitative estimate of drug-likeness (QED) is 0.848. The summed E-state index contributed by atoms with van der Waals surface area (Å²) in [5.74, 6) is 0.835. The molecule has 0 spiro atoms. The molecule has 1 aliphatic rings. The van der Waals surface area contributed by atoms with E-state index in [0.29, 0.717) is 0 Å². The van der Waals surface area contributed by atoms with Gasteiger partial charge in [0.15, 0.2) is 5.13 Å². The summed E-state index contributed by atoms with van der Waals surface area (Å²) in [6.07, 6.45) is 3.75. The Morgan fingerprint density at radius 2 is 1.55 bits per heavy atom. The van der Waals surface area contributed by atoms with Gasteiger partial charge in [-0.2, -0.15) is 0 Å². The third kappa shape index (κ3) is 2.60. The fourth-order valence-corrected chi connectivity index (χ4v) is 3.20. The molecule has 0 unspecified atom stereocenters. The van der Waals surface area contributed by atoms with E-state index in [0.717, 1.165) is 48.5 Å². The second-order valence-corrected chi connectivity index (χ2v) is 6.35. The first kappa shape index (κ1) is 13.3. The molecule has 20 heavy (non-hydrogen) atoms. The first-order chi connectivity index (χ1) is 9.63. The van der Waals surface area contributed by atoms with E-state index in [1.807, 2.05) is 19.3 Å². The summed E-state index contributed by atoms with van der Waals surface area (Å²) >= 11 is 1.78. The van der Waals surface area contributed by atoms with Crippen LogP contribution in [0.15, 0.2) is 12.4 Å². The number of hydrogen-bond donors (Lipinski definition) is 0. The van der Waals surface area contributed by atoms with Crippen LogP contribution >= 0.6 is 11.3 Å². The maximum absolute atomic E-state index is 4.64. The van der Waals surface area contributed by atoms with E-state index in [1.54, 1.807) is 11.3 Å². The van der Waals surface area contributed by atoms with Crippen molar-refractivity contribution < 1.29 is 0 Å². The van der Waals surface area contributed by atoms with Gasteiger partial charge in [-0.05, 0) is 26.3 Å². The van der Waals surface area contributed by atoms with Gasteiger partial charge >= 0.3 is 0 Å². The smallest absolute Gasteiger partial charge is 0.225 e. The van der Waals surface area contributed by atoms with Crippen molar-refractivity contribution in [3.63, 3.8) is 0 Å². The Morgan fingerprint density at radius 1 is 0.950 bits per heavy atom. The van der Waals surface area contributed by atoms with Crippen molar-refractivity contribution in [1.82, 2.24) is 15.0 Å². The molecule has 3 rings (SSSR count). The summed E-state index contributed by atoms with van der Waals surface area (Å²) in [6.45, 7) is 10.1. The topological polar surface area (TPSA) is 45.2 Å². The number of aryl methyl sites for hydroxylation is 3. The molecule has 3 heterocycles. The van der Waals surface area contributed by atoms with Crippen molar-refractivity contribution in [2.24, 2.45) is 0 Å². The second kappa shape index (κ2) is 5.36. The minimum Gasteiger partial charge on any atom is -0.345 e. The summed E-state index contributed by atoms with van der Waals surface area (Å²) in [4.78, 5) is 19.3. The highest BCUT2D eigenvalue weighted by Crippen LogP contribution is 2.26. The Balaban J connectivity index is 1.66. The average Bonchev–Trinajstić information content (AvgIpc) is 2.80. The fourth-order valence-electron chi connectivity index (χ4n) is 2.24. The molecule has 1 saturated heterocycles. The van der Waals surface area contributed by atoms with Crippen molar-refractivity contribution in [2.75, 3.05) is 36.0 Å². The van der Waals surface area contributed by atoms with Crippen LogP contribution in [0.2, 0.25) is 0 Å². The molecular formula is C14H19N5S. The lowest BCUT2D eigenvalue weighted by Gasteiger charge is -2.34. The van der Waals surface area contributed by atoms with Crippen LogP contribution in [0.1, 0.15) is 16.1 Å². The first-order valence-electron chi connectivity index (χ1n) is 6.86. The molecule has 0 bridgehead atoms. The molecule has 0 radical (unpaired) electrons. The molecule has 1 fully saturated rings. The van der Waals surface area contributed by atoms with Gasteiger partial charge in [0.05, 0.1) is 5.69 Å². The van der Waals surface area contributed by atoms with Gasteiger partial charge in [0.25, 0.3) is 0 Å². The second-order valence-electron chi connectivity index (χ2n) is 5.17. The van der Waals surface area contributed by atoms with E-state index in [2.05, 4.69) is 38.6 Å². The lowest BCUT2D eigenvalue weighted by Crippen LogP contribution is -2.47. The highest BCUT2D eigenvalue weighted by Gasteiger charge is 2.21. The highest BCUT2D eigenvalue weighted by atomic mass is 32.1. The monoisotopic (exact) mass is 289 g/mol. The van der Waals surface area contributed by atoms with E-state index >= 15 is 0 Å². The van der Waals surface area contributed by atoms with Gasteiger partial charge in [-0.3, -0.25) is 0 Å². The van der Waals surface area contributed by atoms with Crippen molar-refractivity contribution >= 4 is 22.4 Å². The molecule has 0 amide bonds. The van der Waals surface area contributed by atoms with Gasteiger partial charge in [0.1, 0.15) is 0 Å². The number of anilines is 2. The van der Waals surface area contributed by atoms with Gasteiger partial charge in [-0.1, -0.05) is 0 Å². The van der Waals surface area contributed by atoms with Crippen LogP contribution in [0.25, 0.3) is 0 Å². The van der Waals surface area contributed by atoms with Crippen molar-refractivity contribution in [3.05, 3.63) is 28.5 Å². The van der Waals surface area contributed by atoms with Crippen LogP contribution < -0.4 is 9.80 Å². The minimum atomic E-state index is 0.835. The van der Waals surface area contributed by atoms with Crippen LogP contribution in [-0.2, 0) is 0 Å². The summed E-state index contributed by atoms with van der Waals surface area (Å²) in [5.41, 5.74) is 2.25. The summed E-state index contributed by atoms with van der Waals surface area (Å²) in [7, 11) is 0. The number of hydrogen-bond acceptors (Lipinski definition) is 6. The number of thiazole rings is 1. The predicted molar refractivity (Wildman–Crippen MR) is 82.8 cm³/mol. The minimum absolute atomic E-state index is 0.835. The largest absolute Gasteiger partial charge is 0.345 e. The number of aromatic nitrogens is 3. The Labute approximate surface area is 123 Å². The SMILES string of the molecule is Cc1cnc(N2CCN(c3nc(C)c(C)s3)CC2)nc1. The Hall–Kier alpha value is -1.69. The van der Waals surface area contributed by atoms with Crippen LogP contribution in [0.4, 0.5) is 11.1 Å². The van der Waals surface area contributed by atoms with Gasteiger partial charge in [0, 0.05) is 43.4 Å². The summed E-state index contributed by atoms with van der Waals surface area (Å²) < 4.78 is 0. The molecule has 5 nitrogen and oxygen atoms in total. The summed E-state index contributed by atoms with van der Waals surface area (Å²) in [6, 6.07) is 0. The van der Waals surface area contributed by atoms with Crippen molar-refractivity contribution in [2.45, 2.75) is 20.8 Å². The van der Waals surface area contributed by atoms with E-state index < -0.39 is 0 Å². The average molecular weight is 289 g/mol. The molecule has 0 N–H and O–H groups in total. The molecule has 0 aromatic carbocycles. The maximum Gasteiger partial charge on any atom is 0.225 e. The third-order valence-corrected chi connectivity index (χ3v) is 4.75. The number of nitrogens with zero attached hydrogens (tertiary/aromatic N) is 5. The van der Waals surface area contributed by atoms with Crippen molar-refractivity contribution in [3.8, 4) is 0 Å². The molecule has 0 atom stereocenters. The number of piperazine rings is 1. The lowest BCUT2D eigenvalue weighted by atomic mass is 10.3. The molecule has 1 aliphatic heterocycles. The van der Waals surface area contributed by atoms with E-state index in [4.69, 9.17) is 0 Å². The molecule has 2 aromatic rings. The van der Waals surface area contributed by atoms with Crippen molar-refractivity contribution in [1.29, 1.82) is 0 Å². The number of rotatable bonds is 2. The zero-order valence-corrected chi connectivity index (χ0v) is 12.9. The zero-order valence-electron chi connectivity index (χ0n) is 12.1. The zero-order chi connectivity index (χ0) is 14.1. The van der Waals surface area contributed by atoms with Gasteiger partial charge in [0.2, 0.25) is 5.95 Å². The van der Waals surface area contributed by atoms with Gasteiger partial charge in [-0.15, -0.1) is 11.3 Å². The molecule has 0 saturated carbocycles. The molecule has 106 valence electrons. The first-order valence-corrected chi connectivity index (χ1v) is 7.68. The molecule has 0 aliphatic carbocycles. The standard InChI is InChI=1S/C14H19N5S/c1-10-8-15-13(16-9-10)18-4-6-19(7-5-18)14-17-11(2)12(3)20-14/h8-9H,4-7H2,1-3H3. The Bertz CT molecular complexity index is 565.